The van der Waals surface area contributed by atoms with Gasteiger partial charge < -0.3 is 15.4 Å². The first-order valence-electron chi connectivity index (χ1n) is 6.01. The fourth-order valence-electron chi connectivity index (χ4n) is 1.91. The molecule has 0 radical (unpaired) electrons. The van der Waals surface area contributed by atoms with Gasteiger partial charge in [0.1, 0.15) is 0 Å². The van der Waals surface area contributed by atoms with E-state index >= 15 is 0 Å². The summed E-state index contributed by atoms with van der Waals surface area (Å²) in [5, 5.41) is 4.26. The quantitative estimate of drug-likeness (QED) is 0.780. The number of ether oxygens (including phenoxy) is 1. The molecule has 0 aliphatic carbocycles. The van der Waals surface area contributed by atoms with Crippen LogP contribution in [0.15, 0.2) is 0 Å². The van der Waals surface area contributed by atoms with Crippen molar-refractivity contribution >= 4 is 5.91 Å². The Bertz CT molecular complexity index is 414. The van der Waals surface area contributed by atoms with E-state index < -0.39 is 0 Å². The Labute approximate surface area is 108 Å². The Morgan fingerprint density at radius 3 is 2.56 bits per heavy atom. The monoisotopic (exact) mass is 254 g/mol. The third kappa shape index (κ3) is 3.08. The lowest BCUT2D eigenvalue weighted by Gasteiger charge is -2.21. The molecule has 0 fully saturated rings. The average Bonchev–Trinajstić information content (AvgIpc) is 2.58. The zero-order valence-corrected chi connectivity index (χ0v) is 11.6. The number of methoxy groups -OCH3 is 1. The van der Waals surface area contributed by atoms with Crippen molar-refractivity contribution in [1.29, 1.82) is 0 Å². The number of hydrogen-bond acceptors (Lipinski definition) is 4. The summed E-state index contributed by atoms with van der Waals surface area (Å²) in [5.74, 6) is -0.0272. The summed E-state index contributed by atoms with van der Waals surface area (Å²) in [6.45, 7) is 5.75. The highest BCUT2D eigenvalue weighted by molar-refractivity contribution is 5.96. The maximum atomic E-state index is 12.5. The van der Waals surface area contributed by atoms with Gasteiger partial charge in [-0.3, -0.25) is 9.48 Å². The molecule has 1 amide bonds. The lowest BCUT2D eigenvalue weighted by atomic mass is 10.1. The van der Waals surface area contributed by atoms with Crippen LogP contribution in [0.2, 0.25) is 0 Å². The van der Waals surface area contributed by atoms with Crippen LogP contribution in [0.5, 0.6) is 0 Å². The number of amides is 1. The van der Waals surface area contributed by atoms with E-state index in [2.05, 4.69) is 5.10 Å². The number of carbonyl (C=O) groups excluding carboxylic acids is 1. The van der Waals surface area contributed by atoms with E-state index in [0.717, 1.165) is 11.4 Å². The predicted octanol–water partition coefficient (Wildman–Crippen LogP) is 0.0842. The molecule has 102 valence electrons. The molecular weight excluding hydrogens is 232 g/mol. The molecule has 0 aliphatic rings. The summed E-state index contributed by atoms with van der Waals surface area (Å²) in [4.78, 5) is 14.2. The summed E-state index contributed by atoms with van der Waals surface area (Å²) in [6.07, 6.45) is 0. The van der Waals surface area contributed by atoms with E-state index in [1.165, 1.54) is 0 Å². The zero-order chi connectivity index (χ0) is 13.7. The molecule has 0 unspecified atom stereocenters. The Balaban J connectivity index is 2.94. The van der Waals surface area contributed by atoms with Gasteiger partial charge in [-0.15, -0.1) is 0 Å². The molecule has 1 rings (SSSR count). The Hall–Kier alpha value is -1.40. The number of nitrogens with two attached hydrogens (primary N) is 1. The maximum absolute atomic E-state index is 12.5. The second kappa shape index (κ2) is 6.51. The molecule has 1 heterocycles. The van der Waals surface area contributed by atoms with Gasteiger partial charge in [0.15, 0.2) is 0 Å². The highest BCUT2D eigenvalue weighted by Crippen LogP contribution is 2.14. The number of rotatable bonds is 6. The molecule has 0 atom stereocenters. The molecule has 0 saturated carbocycles. The number of aromatic nitrogens is 2. The molecule has 0 aliphatic heterocycles. The minimum Gasteiger partial charge on any atom is -0.383 e. The Morgan fingerprint density at radius 2 is 2.11 bits per heavy atom. The van der Waals surface area contributed by atoms with Crippen LogP contribution in [0.1, 0.15) is 21.7 Å². The van der Waals surface area contributed by atoms with Crippen LogP contribution in [0.25, 0.3) is 0 Å². The fraction of sp³-hybridized carbons (Fsp3) is 0.667. The molecule has 1 aromatic heterocycles. The van der Waals surface area contributed by atoms with E-state index in [-0.39, 0.29) is 5.91 Å². The number of aryl methyl sites for hydroxylation is 2. The second-order valence-electron chi connectivity index (χ2n) is 4.24. The van der Waals surface area contributed by atoms with Crippen LogP contribution < -0.4 is 5.73 Å². The fourth-order valence-corrected chi connectivity index (χ4v) is 1.91. The summed E-state index contributed by atoms with van der Waals surface area (Å²) < 4.78 is 6.74. The van der Waals surface area contributed by atoms with E-state index in [0.29, 0.717) is 31.8 Å². The van der Waals surface area contributed by atoms with Crippen molar-refractivity contribution in [2.45, 2.75) is 13.8 Å². The molecule has 0 aromatic carbocycles. The van der Waals surface area contributed by atoms with Gasteiger partial charge in [-0.25, -0.2) is 0 Å². The summed E-state index contributed by atoms with van der Waals surface area (Å²) in [5.41, 5.74) is 7.83. The van der Waals surface area contributed by atoms with Crippen LogP contribution in [0.4, 0.5) is 0 Å². The molecule has 18 heavy (non-hydrogen) atoms. The first-order valence-corrected chi connectivity index (χ1v) is 6.01. The van der Waals surface area contributed by atoms with Crippen LogP contribution in [-0.4, -0.2) is 53.9 Å². The molecular formula is C12H22N4O2. The van der Waals surface area contributed by atoms with Crippen molar-refractivity contribution < 1.29 is 9.53 Å². The summed E-state index contributed by atoms with van der Waals surface area (Å²) in [6, 6.07) is 0. The van der Waals surface area contributed by atoms with Gasteiger partial charge in [-0.1, -0.05) is 0 Å². The van der Waals surface area contributed by atoms with Crippen molar-refractivity contribution in [3.63, 3.8) is 0 Å². The summed E-state index contributed by atoms with van der Waals surface area (Å²) >= 11 is 0. The van der Waals surface area contributed by atoms with Crippen LogP contribution >= 0.6 is 0 Å². The highest BCUT2D eigenvalue weighted by atomic mass is 16.5. The number of nitrogens with zero attached hydrogens (tertiary/aromatic N) is 3. The van der Waals surface area contributed by atoms with E-state index in [1.54, 1.807) is 16.7 Å². The maximum Gasteiger partial charge on any atom is 0.257 e. The standard InChI is InChI=1S/C12H22N4O2/c1-9-11(10(2)15(3)14-9)12(17)16(6-5-13)7-8-18-4/h5-8,13H2,1-4H3. The lowest BCUT2D eigenvalue weighted by molar-refractivity contribution is 0.0700. The van der Waals surface area contributed by atoms with Crippen LogP contribution in [0.3, 0.4) is 0 Å². The van der Waals surface area contributed by atoms with Crippen molar-refractivity contribution in [2.75, 3.05) is 33.4 Å². The molecule has 0 bridgehead atoms. The lowest BCUT2D eigenvalue weighted by Crippen LogP contribution is -2.38. The minimum absolute atomic E-state index is 0.0272. The van der Waals surface area contributed by atoms with Gasteiger partial charge in [0.25, 0.3) is 5.91 Å². The second-order valence-corrected chi connectivity index (χ2v) is 4.24. The Morgan fingerprint density at radius 1 is 1.44 bits per heavy atom. The molecule has 0 saturated heterocycles. The average molecular weight is 254 g/mol. The van der Waals surface area contributed by atoms with Crippen molar-refractivity contribution in [1.82, 2.24) is 14.7 Å². The first-order chi connectivity index (χ1) is 8.52. The van der Waals surface area contributed by atoms with Crippen molar-refractivity contribution in [3.05, 3.63) is 17.0 Å². The summed E-state index contributed by atoms with van der Waals surface area (Å²) in [7, 11) is 3.45. The van der Waals surface area contributed by atoms with E-state index in [9.17, 15) is 4.79 Å². The predicted molar refractivity (Wildman–Crippen MR) is 69.5 cm³/mol. The minimum atomic E-state index is -0.0272. The van der Waals surface area contributed by atoms with Gasteiger partial charge in [-0.2, -0.15) is 5.10 Å². The zero-order valence-electron chi connectivity index (χ0n) is 11.6. The third-order valence-electron chi connectivity index (χ3n) is 2.97. The SMILES string of the molecule is COCCN(CCN)C(=O)c1c(C)nn(C)c1C. The van der Waals surface area contributed by atoms with Crippen molar-refractivity contribution in [3.8, 4) is 0 Å². The van der Waals surface area contributed by atoms with Gasteiger partial charge in [0.2, 0.25) is 0 Å². The van der Waals surface area contributed by atoms with Crippen molar-refractivity contribution in [2.24, 2.45) is 12.8 Å². The highest BCUT2D eigenvalue weighted by Gasteiger charge is 2.22. The van der Waals surface area contributed by atoms with Crippen LogP contribution in [-0.2, 0) is 11.8 Å². The van der Waals surface area contributed by atoms with Gasteiger partial charge in [0, 0.05) is 39.5 Å². The molecule has 1 aromatic rings. The Kier molecular flexibility index (Phi) is 5.30. The van der Waals surface area contributed by atoms with Gasteiger partial charge in [-0.05, 0) is 13.8 Å². The van der Waals surface area contributed by atoms with Gasteiger partial charge >= 0.3 is 0 Å². The normalized spacial score (nSPS) is 10.7. The number of hydrogen-bond donors (Lipinski definition) is 1. The number of carbonyl (C=O) groups is 1. The smallest absolute Gasteiger partial charge is 0.257 e. The van der Waals surface area contributed by atoms with Crippen LogP contribution in [0, 0.1) is 13.8 Å². The molecule has 6 heteroatoms. The largest absolute Gasteiger partial charge is 0.383 e. The topological polar surface area (TPSA) is 73.4 Å². The third-order valence-corrected chi connectivity index (χ3v) is 2.97. The first kappa shape index (κ1) is 14.7. The van der Waals surface area contributed by atoms with E-state index in [1.807, 2.05) is 20.9 Å². The van der Waals surface area contributed by atoms with E-state index in [4.69, 9.17) is 10.5 Å². The molecule has 2 N–H and O–H groups in total. The van der Waals surface area contributed by atoms with Gasteiger partial charge in [0.05, 0.1) is 17.9 Å². The molecule has 0 spiro atoms. The molecule has 6 nitrogen and oxygen atoms in total.